The second-order valence-electron chi connectivity index (χ2n) is 4.45. The van der Waals surface area contributed by atoms with Crippen LogP contribution in [0.5, 0.6) is 0 Å². The highest BCUT2D eigenvalue weighted by molar-refractivity contribution is 5.77. The highest BCUT2D eigenvalue weighted by atomic mass is 19.4. The standard InChI is InChI=1S/C10H17F3N2O2/c11-10(12,13)6-15-8(16)5-17-7-9(14)3-1-2-4-9/h1-7,14H2,(H,15,16). The van der Waals surface area contributed by atoms with Gasteiger partial charge in [0.2, 0.25) is 5.91 Å². The van der Waals surface area contributed by atoms with Crippen LogP contribution in [0.25, 0.3) is 0 Å². The van der Waals surface area contributed by atoms with Crippen LogP contribution in [-0.2, 0) is 9.53 Å². The van der Waals surface area contributed by atoms with E-state index in [2.05, 4.69) is 0 Å². The van der Waals surface area contributed by atoms with Crippen molar-refractivity contribution < 1.29 is 22.7 Å². The number of nitrogens with one attached hydrogen (secondary N) is 1. The Hall–Kier alpha value is -0.820. The first-order valence-electron chi connectivity index (χ1n) is 5.51. The smallest absolute Gasteiger partial charge is 0.370 e. The summed E-state index contributed by atoms with van der Waals surface area (Å²) in [6.07, 6.45) is -0.676. The Bertz CT molecular complexity index is 263. The molecule has 1 amide bonds. The first-order valence-corrected chi connectivity index (χ1v) is 5.51. The van der Waals surface area contributed by atoms with Crippen LogP contribution in [0.1, 0.15) is 25.7 Å². The molecule has 1 rings (SSSR count). The van der Waals surface area contributed by atoms with Gasteiger partial charge in [0.15, 0.2) is 0 Å². The summed E-state index contributed by atoms with van der Waals surface area (Å²) in [6.45, 7) is -1.50. The Kier molecular flexibility index (Phi) is 4.76. The minimum Gasteiger partial charge on any atom is -0.370 e. The van der Waals surface area contributed by atoms with Crippen molar-refractivity contribution in [2.75, 3.05) is 19.8 Å². The van der Waals surface area contributed by atoms with Crippen molar-refractivity contribution in [3.8, 4) is 0 Å². The molecule has 4 nitrogen and oxygen atoms in total. The van der Waals surface area contributed by atoms with Gasteiger partial charge in [-0.05, 0) is 12.8 Å². The second kappa shape index (κ2) is 5.68. The van der Waals surface area contributed by atoms with Gasteiger partial charge in [-0.25, -0.2) is 0 Å². The van der Waals surface area contributed by atoms with Crippen molar-refractivity contribution in [3.63, 3.8) is 0 Å². The van der Waals surface area contributed by atoms with Crippen LogP contribution in [0.4, 0.5) is 13.2 Å². The summed E-state index contributed by atoms with van der Waals surface area (Å²) >= 11 is 0. The van der Waals surface area contributed by atoms with E-state index < -0.39 is 24.2 Å². The lowest BCUT2D eigenvalue weighted by molar-refractivity contribution is -0.141. The fraction of sp³-hybridized carbons (Fsp3) is 0.900. The minimum atomic E-state index is -4.39. The zero-order valence-electron chi connectivity index (χ0n) is 9.48. The number of alkyl halides is 3. The zero-order valence-corrected chi connectivity index (χ0v) is 9.48. The first kappa shape index (κ1) is 14.2. The average Bonchev–Trinajstić information content (AvgIpc) is 2.61. The first-order chi connectivity index (χ1) is 7.81. The van der Waals surface area contributed by atoms with Gasteiger partial charge < -0.3 is 15.8 Å². The van der Waals surface area contributed by atoms with E-state index in [0.29, 0.717) is 0 Å². The molecule has 1 aliphatic rings. The lowest BCUT2D eigenvalue weighted by Gasteiger charge is -2.22. The number of hydrogen-bond donors (Lipinski definition) is 2. The minimum absolute atomic E-state index is 0.215. The van der Waals surface area contributed by atoms with Crippen molar-refractivity contribution >= 4 is 5.91 Å². The van der Waals surface area contributed by atoms with Crippen LogP contribution in [0.2, 0.25) is 0 Å². The maximum Gasteiger partial charge on any atom is 0.405 e. The van der Waals surface area contributed by atoms with E-state index in [0.717, 1.165) is 25.7 Å². The Balaban J connectivity index is 2.12. The number of rotatable bonds is 5. The van der Waals surface area contributed by atoms with Crippen LogP contribution >= 0.6 is 0 Å². The number of ether oxygens (including phenoxy) is 1. The Morgan fingerprint density at radius 1 is 1.35 bits per heavy atom. The van der Waals surface area contributed by atoms with Gasteiger partial charge in [0, 0.05) is 5.54 Å². The molecule has 0 aromatic carbocycles. The fourth-order valence-electron chi connectivity index (χ4n) is 1.82. The molecule has 1 aliphatic carbocycles. The summed E-state index contributed by atoms with van der Waals surface area (Å²) in [7, 11) is 0. The predicted octanol–water partition coefficient (Wildman–Crippen LogP) is 0.953. The van der Waals surface area contributed by atoms with Crippen LogP contribution in [0, 0.1) is 0 Å². The van der Waals surface area contributed by atoms with E-state index >= 15 is 0 Å². The molecule has 1 saturated carbocycles. The van der Waals surface area contributed by atoms with E-state index in [9.17, 15) is 18.0 Å². The Labute approximate surface area is 97.7 Å². The molecule has 0 spiro atoms. The fourth-order valence-corrected chi connectivity index (χ4v) is 1.82. The van der Waals surface area contributed by atoms with Crippen molar-refractivity contribution in [2.45, 2.75) is 37.4 Å². The van der Waals surface area contributed by atoms with Gasteiger partial charge >= 0.3 is 6.18 Å². The molecular weight excluding hydrogens is 237 g/mol. The molecule has 100 valence electrons. The molecule has 0 bridgehead atoms. The average molecular weight is 254 g/mol. The quantitative estimate of drug-likeness (QED) is 0.768. The van der Waals surface area contributed by atoms with Gasteiger partial charge in [-0.1, -0.05) is 12.8 Å². The highest BCUT2D eigenvalue weighted by Gasteiger charge is 2.30. The molecule has 0 aromatic rings. The molecule has 1 fully saturated rings. The lowest BCUT2D eigenvalue weighted by atomic mass is 10.0. The van der Waals surface area contributed by atoms with Crippen LogP contribution in [0.3, 0.4) is 0 Å². The number of amides is 1. The van der Waals surface area contributed by atoms with E-state index in [4.69, 9.17) is 10.5 Å². The van der Waals surface area contributed by atoms with Gasteiger partial charge in [-0.15, -0.1) is 0 Å². The number of carbonyl (C=O) groups excluding carboxylic acids is 1. The van der Waals surface area contributed by atoms with Crippen molar-refractivity contribution in [2.24, 2.45) is 5.73 Å². The molecular formula is C10H17F3N2O2. The van der Waals surface area contributed by atoms with Gasteiger partial charge in [0.05, 0.1) is 6.61 Å². The number of hydrogen-bond acceptors (Lipinski definition) is 3. The summed E-state index contributed by atoms with van der Waals surface area (Å²) in [6, 6.07) is 0. The van der Waals surface area contributed by atoms with Gasteiger partial charge in [0.1, 0.15) is 13.2 Å². The van der Waals surface area contributed by atoms with Crippen LogP contribution < -0.4 is 11.1 Å². The normalized spacial score (nSPS) is 19.3. The van der Waals surface area contributed by atoms with E-state index in [1.807, 2.05) is 0 Å². The van der Waals surface area contributed by atoms with Gasteiger partial charge in [-0.2, -0.15) is 13.2 Å². The molecule has 7 heteroatoms. The molecule has 0 atom stereocenters. The Morgan fingerprint density at radius 3 is 2.47 bits per heavy atom. The van der Waals surface area contributed by atoms with E-state index in [1.165, 1.54) is 0 Å². The Morgan fingerprint density at radius 2 is 1.94 bits per heavy atom. The van der Waals surface area contributed by atoms with Crippen molar-refractivity contribution in [3.05, 3.63) is 0 Å². The lowest BCUT2D eigenvalue weighted by Crippen LogP contribution is -2.43. The second-order valence-corrected chi connectivity index (χ2v) is 4.45. The van der Waals surface area contributed by atoms with E-state index in [-0.39, 0.29) is 13.2 Å². The highest BCUT2D eigenvalue weighted by Crippen LogP contribution is 2.27. The van der Waals surface area contributed by atoms with E-state index in [1.54, 1.807) is 5.32 Å². The molecule has 0 radical (unpaired) electrons. The number of nitrogens with two attached hydrogens (primary N) is 1. The molecule has 3 N–H and O–H groups in total. The summed E-state index contributed by atoms with van der Waals surface area (Å²) in [5.74, 6) is -0.774. The number of carbonyl (C=O) groups is 1. The summed E-state index contributed by atoms with van der Waals surface area (Å²) in [4.78, 5) is 11.0. The third-order valence-electron chi connectivity index (χ3n) is 2.71. The SMILES string of the molecule is NC1(COCC(=O)NCC(F)(F)F)CCCC1. The van der Waals surface area contributed by atoms with Crippen LogP contribution in [-0.4, -0.2) is 37.4 Å². The maximum absolute atomic E-state index is 11.8. The summed E-state index contributed by atoms with van der Waals surface area (Å²) in [5, 5.41) is 1.73. The third kappa shape index (κ3) is 5.88. The molecule has 0 saturated heterocycles. The summed E-state index contributed by atoms with van der Waals surface area (Å²) < 4.78 is 40.4. The molecule has 0 aliphatic heterocycles. The topological polar surface area (TPSA) is 64.3 Å². The van der Waals surface area contributed by atoms with Crippen LogP contribution in [0.15, 0.2) is 0 Å². The van der Waals surface area contributed by atoms with Gasteiger partial charge in [0.25, 0.3) is 0 Å². The monoisotopic (exact) mass is 254 g/mol. The zero-order chi connectivity index (χ0) is 12.9. The molecule has 0 aromatic heterocycles. The molecule has 17 heavy (non-hydrogen) atoms. The maximum atomic E-state index is 11.8. The molecule has 0 unspecified atom stereocenters. The largest absolute Gasteiger partial charge is 0.405 e. The number of halogens is 3. The predicted molar refractivity (Wildman–Crippen MR) is 55.3 cm³/mol. The molecule has 0 heterocycles. The van der Waals surface area contributed by atoms with Crippen molar-refractivity contribution in [1.29, 1.82) is 0 Å². The third-order valence-corrected chi connectivity index (χ3v) is 2.71. The summed E-state index contributed by atoms with van der Waals surface area (Å²) in [5.41, 5.74) is 5.54. The van der Waals surface area contributed by atoms with Gasteiger partial charge in [-0.3, -0.25) is 4.79 Å². The van der Waals surface area contributed by atoms with Crippen molar-refractivity contribution in [1.82, 2.24) is 5.32 Å².